The highest BCUT2D eigenvalue weighted by Gasteiger charge is 2.27. The van der Waals surface area contributed by atoms with Crippen LogP contribution in [0.2, 0.25) is 0 Å². The van der Waals surface area contributed by atoms with Gasteiger partial charge in [-0.2, -0.15) is 0 Å². The van der Waals surface area contributed by atoms with Gasteiger partial charge >= 0.3 is 12.0 Å². The summed E-state index contributed by atoms with van der Waals surface area (Å²) in [6, 6.07) is 3.13. The summed E-state index contributed by atoms with van der Waals surface area (Å²) in [4.78, 5) is 22.6. The first-order chi connectivity index (χ1) is 8.97. The highest BCUT2D eigenvalue weighted by atomic mass is 19.1. The van der Waals surface area contributed by atoms with Crippen molar-refractivity contribution < 1.29 is 19.1 Å². The number of carboxylic acids is 1. The number of anilines is 1. The molecular formula is C13H15FN2O3. The van der Waals surface area contributed by atoms with Crippen LogP contribution in [-0.2, 0) is 0 Å². The Balaban J connectivity index is 2.05. The fourth-order valence-electron chi connectivity index (χ4n) is 2.18. The molecule has 0 aromatic heterocycles. The Labute approximate surface area is 109 Å². The summed E-state index contributed by atoms with van der Waals surface area (Å²) in [6.07, 6.45) is 1.77. The quantitative estimate of drug-likeness (QED) is 0.786. The van der Waals surface area contributed by atoms with Gasteiger partial charge in [-0.3, -0.25) is 0 Å². The number of halogens is 1. The second-order valence-corrected chi connectivity index (χ2v) is 4.84. The molecular weight excluding hydrogens is 251 g/mol. The topological polar surface area (TPSA) is 78.4 Å². The molecule has 3 N–H and O–H groups in total. The Kier molecular flexibility index (Phi) is 3.69. The molecule has 1 saturated carbocycles. The normalized spacial score (nSPS) is 21.4. The van der Waals surface area contributed by atoms with E-state index in [1.54, 1.807) is 0 Å². The van der Waals surface area contributed by atoms with Gasteiger partial charge in [0.25, 0.3) is 0 Å². The molecule has 0 saturated heterocycles. The largest absolute Gasteiger partial charge is 0.478 e. The number of carbonyl (C=O) groups excluding carboxylic acids is 1. The van der Waals surface area contributed by atoms with Gasteiger partial charge in [0, 0.05) is 6.04 Å². The van der Waals surface area contributed by atoms with E-state index in [0.29, 0.717) is 5.92 Å². The fraction of sp³-hybridized carbons (Fsp3) is 0.385. The number of carboxylic acid groups (broad SMARTS) is 1. The molecule has 0 heterocycles. The number of amides is 2. The van der Waals surface area contributed by atoms with Crippen LogP contribution >= 0.6 is 0 Å². The van der Waals surface area contributed by atoms with Gasteiger partial charge in [-0.1, -0.05) is 13.0 Å². The molecule has 0 unspecified atom stereocenters. The summed E-state index contributed by atoms with van der Waals surface area (Å²) in [6.45, 7) is 2.08. The van der Waals surface area contributed by atoms with Crippen molar-refractivity contribution in [2.75, 3.05) is 5.32 Å². The molecule has 5 nitrogen and oxygen atoms in total. The number of hydrogen-bond donors (Lipinski definition) is 3. The van der Waals surface area contributed by atoms with Gasteiger partial charge in [0.2, 0.25) is 0 Å². The number of urea groups is 1. The fourth-order valence-corrected chi connectivity index (χ4v) is 2.18. The lowest BCUT2D eigenvalue weighted by Gasteiger charge is -2.33. The Morgan fingerprint density at radius 1 is 1.37 bits per heavy atom. The maximum absolute atomic E-state index is 13.6. The minimum atomic E-state index is -1.29. The summed E-state index contributed by atoms with van der Waals surface area (Å²) < 4.78 is 13.6. The van der Waals surface area contributed by atoms with Crippen LogP contribution in [0.3, 0.4) is 0 Å². The number of hydrogen-bond acceptors (Lipinski definition) is 2. The zero-order valence-corrected chi connectivity index (χ0v) is 10.4. The lowest BCUT2D eigenvalue weighted by molar-refractivity contribution is 0.0697. The van der Waals surface area contributed by atoms with Gasteiger partial charge in [-0.05, 0) is 30.9 Å². The Morgan fingerprint density at radius 2 is 2.05 bits per heavy atom. The number of para-hydroxylation sites is 1. The van der Waals surface area contributed by atoms with Crippen LogP contribution in [0.5, 0.6) is 0 Å². The molecule has 102 valence electrons. The lowest BCUT2D eigenvalue weighted by atomic mass is 9.82. The van der Waals surface area contributed by atoms with E-state index >= 15 is 0 Å². The number of nitrogens with one attached hydrogen (secondary N) is 2. The van der Waals surface area contributed by atoms with E-state index in [-0.39, 0.29) is 17.3 Å². The SMILES string of the molecule is CC1CC(NC(=O)Nc2c(F)cccc2C(=O)O)C1. The molecule has 1 aromatic rings. The van der Waals surface area contributed by atoms with Crippen molar-refractivity contribution >= 4 is 17.7 Å². The highest BCUT2D eigenvalue weighted by Crippen LogP contribution is 2.26. The zero-order valence-electron chi connectivity index (χ0n) is 10.4. The van der Waals surface area contributed by atoms with E-state index in [1.165, 1.54) is 12.1 Å². The van der Waals surface area contributed by atoms with Gasteiger partial charge in [-0.25, -0.2) is 14.0 Å². The van der Waals surface area contributed by atoms with Crippen LogP contribution in [-0.4, -0.2) is 23.1 Å². The monoisotopic (exact) mass is 266 g/mol. The molecule has 2 rings (SSSR count). The van der Waals surface area contributed by atoms with E-state index in [9.17, 15) is 14.0 Å². The van der Waals surface area contributed by atoms with Gasteiger partial charge in [0.05, 0.1) is 11.3 Å². The average molecular weight is 266 g/mol. The summed E-state index contributed by atoms with van der Waals surface area (Å²) in [5.74, 6) is -1.47. The third-order valence-corrected chi connectivity index (χ3v) is 3.19. The molecule has 0 radical (unpaired) electrons. The van der Waals surface area contributed by atoms with Crippen LogP contribution in [0, 0.1) is 11.7 Å². The van der Waals surface area contributed by atoms with Crippen molar-refractivity contribution in [3.8, 4) is 0 Å². The van der Waals surface area contributed by atoms with Crippen molar-refractivity contribution in [2.45, 2.75) is 25.8 Å². The Hall–Kier alpha value is -2.11. The summed E-state index contributed by atoms with van der Waals surface area (Å²) in [7, 11) is 0. The van der Waals surface area contributed by atoms with Crippen LogP contribution in [0.4, 0.5) is 14.9 Å². The Bertz CT molecular complexity index is 513. The molecule has 2 amide bonds. The van der Waals surface area contributed by atoms with Gasteiger partial charge < -0.3 is 15.7 Å². The highest BCUT2D eigenvalue weighted by molar-refractivity contribution is 6.00. The average Bonchev–Trinajstić information content (AvgIpc) is 2.29. The number of rotatable bonds is 3. The second-order valence-electron chi connectivity index (χ2n) is 4.84. The third kappa shape index (κ3) is 3.01. The first-order valence-electron chi connectivity index (χ1n) is 6.06. The first-order valence-corrected chi connectivity index (χ1v) is 6.06. The van der Waals surface area contributed by atoms with Crippen molar-refractivity contribution in [1.29, 1.82) is 0 Å². The van der Waals surface area contributed by atoms with Crippen molar-refractivity contribution in [1.82, 2.24) is 5.32 Å². The van der Waals surface area contributed by atoms with Gasteiger partial charge in [0.1, 0.15) is 5.82 Å². The van der Waals surface area contributed by atoms with Gasteiger partial charge in [0.15, 0.2) is 0 Å². The molecule has 1 fully saturated rings. The molecule has 0 spiro atoms. The molecule has 6 heteroatoms. The molecule has 0 atom stereocenters. The van der Waals surface area contributed by atoms with E-state index in [1.807, 2.05) is 0 Å². The standard InChI is InChI=1S/C13H15FN2O3/c1-7-5-8(6-7)15-13(19)16-11-9(12(17)18)3-2-4-10(11)14/h2-4,7-8H,5-6H2,1H3,(H,17,18)(H2,15,16,19). The van der Waals surface area contributed by atoms with Crippen LogP contribution in [0.1, 0.15) is 30.1 Å². The van der Waals surface area contributed by atoms with E-state index in [2.05, 4.69) is 17.6 Å². The minimum absolute atomic E-state index is 0.0788. The molecule has 0 bridgehead atoms. The molecule has 1 aromatic carbocycles. The summed E-state index contributed by atoms with van der Waals surface area (Å²) >= 11 is 0. The van der Waals surface area contributed by atoms with E-state index in [0.717, 1.165) is 18.9 Å². The number of aromatic carboxylic acids is 1. The molecule has 0 aliphatic heterocycles. The number of benzene rings is 1. The van der Waals surface area contributed by atoms with Crippen LogP contribution in [0.25, 0.3) is 0 Å². The smallest absolute Gasteiger partial charge is 0.337 e. The predicted molar refractivity (Wildman–Crippen MR) is 67.7 cm³/mol. The predicted octanol–water partition coefficient (Wildman–Crippen LogP) is 2.44. The van der Waals surface area contributed by atoms with Crippen molar-refractivity contribution in [2.24, 2.45) is 5.92 Å². The van der Waals surface area contributed by atoms with Crippen LogP contribution < -0.4 is 10.6 Å². The van der Waals surface area contributed by atoms with Crippen molar-refractivity contribution in [3.05, 3.63) is 29.6 Å². The molecule has 1 aliphatic carbocycles. The zero-order chi connectivity index (χ0) is 14.0. The third-order valence-electron chi connectivity index (χ3n) is 3.19. The second kappa shape index (κ2) is 5.26. The van der Waals surface area contributed by atoms with E-state index in [4.69, 9.17) is 5.11 Å². The van der Waals surface area contributed by atoms with Crippen LogP contribution in [0.15, 0.2) is 18.2 Å². The number of carbonyl (C=O) groups is 2. The molecule has 19 heavy (non-hydrogen) atoms. The maximum atomic E-state index is 13.6. The van der Waals surface area contributed by atoms with Gasteiger partial charge in [-0.15, -0.1) is 0 Å². The minimum Gasteiger partial charge on any atom is -0.478 e. The lowest BCUT2D eigenvalue weighted by Crippen LogP contribution is -2.45. The first kappa shape index (κ1) is 13.3. The van der Waals surface area contributed by atoms with Crippen molar-refractivity contribution in [3.63, 3.8) is 0 Å². The summed E-state index contributed by atoms with van der Waals surface area (Å²) in [5.41, 5.74) is -0.572. The van der Waals surface area contributed by atoms with E-state index < -0.39 is 17.8 Å². The maximum Gasteiger partial charge on any atom is 0.337 e. The summed E-state index contributed by atoms with van der Waals surface area (Å²) in [5, 5.41) is 13.9. The molecule has 1 aliphatic rings. The Morgan fingerprint density at radius 3 is 2.63 bits per heavy atom.